The van der Waals surface area contributed by atoms with Crippen LogP contribution in [0.1, 0.15) is 18.9 Å². The van der Waals surface area contributed by atoms with Crippen LogP contribution in [0.15, 0.2) is 42.5 Å². The second-order valence-corrected chi connectivity index (χ2v) is 4.26. The fourth-order valence-electron chi connectivity index (χ4n) is 1.46. The van der Waals surface area contributed by atoms with E-state index in [2.05, 4.69) is 11.9 Å². The van der Waals surface area contributed by atoms with Crippen LogP contribution in [0.25, 0.3) is 0 Å². The molecule has 0 bridgehead atoms. The normalized spacial score (nSPS) is 11.4. The smallest absolute Gasteiger partial charge is 0.408 e. The number of nitrogens with one attached hydrogen (secondary N) is 1. The van der Waals surface area contributed by atoms with E-state index < -0.39 is 18.1 Å². The first-order valence-corrected chi connectivity index (χ1v) is 5.83. The molecular weight excluding hydrogens is 246 g/mol. The Bertz CT molecular complexity index is 456. The zero-order chi connectivity index (χ0) is 14.3. The van der Waals surface area contributed by atoms with Gasteiger partial charge in [0.2, 0.25) is 0 Å². The molecule has 1 atom stereocenters. The van der Waals surface area contributed by atoms with Gasteiger partial charge < -0.3 is 15.2 Å². The van der Waals surface area contributed by atoms with Crippen molar-refractivity contribution in [2.45, 2.75) is 26.0 Å². The Balaban J connectivity index is 2.45. The van der Waals surface area contributed by atoms with E-state index in [4.69, 9.17) is 9.84 Å². The molecule has 5 heteroatoms. The number of carboxylic acid groups (broad SMARTS) is 1. The molecule has 19 heavy (non-hydrogen) atoms. The van der Waals surface area contributed by atoms with Crippen LogP contribution in [-0.4, -0.2) is 23.2 Å². The monoisotopic (exact) mass is 263 g/mol. The average Bonchev–Trinajstić information content (AvgIpc) is 2.36. The zero-order valence-electron chi connectivity index (χ0n) is 10.8. The summed E-state index contributed by atoms with van der Waals surface area (Å²) in [5.74, 6) is -1.11. The molecule has 0 fully saturated rings. The lowest BCUT2D eigenvalue weighted by atomic mass is 10.1. The summed E-state index contributed by atoms with van der Waals surface area (Å²) in [6, 6.07) is 8.14. The SMILES string of the molecule is C=C(C)CC(NC(=O)OCc1ccccc1)C(=O)O. The number of alkyl carbamates (subject to hydrolysis) is 1. The van der Waals surface area contributed by atoms with E-state index in [9.17, 15) is 9.59 Å². The molecule has 0 aliphatic rings. The summed E-state index contributed by atoms with van der Waals surface area (Å²) in [6.07, 6.45) is -0.576. The predicted molar refractivity (Wildman–Crippen MR) is 70.6 cm³/mol. The van der Waals surface area contributed by atoms with Crippen LogP contribution < -0.4 is 5.32 Å². The second kappa shape index (κ2) is 7.20. The van der Waals surface area contributed by atoms with E-state index in [0.29, 0.717) is 5.57 Å². The van der Waals surface area contributed by atoms with E-state index in [1.165, 1.54) is 0 Å². The maximum atomic E-state index is 11.5. The number of benzene rings is 1. The first-order valence-electron chi connectivity index (χ1n) is 5.83. The number of amides is 1. The summed E-state index contributed by atoms with van der Waals surface area (Å²) in [5.41, 5.74) is 1.51. The van der Waals surface area contributed by atoms with Crippen molar-refractivity contribution in [3.05, 3.63) is 48.0 Å². The summed E-state index contributed by atoms with van der Waals surface area (Å²) in [5, 5.41) is 11.2. The average molecular weight is 263 g/mol. The highest BCUT2D eigenvalue weighted by molar-refractivity contribution is 5.80. The number of carbonyl (C=O) groups excluding carboxylic acids is 1. The third-order valence-electron chi connectivity index (χ3n) is 2.36. The lowest BCUT2D eigenvalue weighted by Crippen LogP contribution is -2.41. The summed E-state index contributed by atoms with van der Waals surface area (Å²) in [6.45, 7) is 5.43. The minimum absolute atomic E-state index is 0.103. The van der Waals surface area contributed by atoms with E-state index in [1.807, 2.05) is 30.3 Å². The molecule has 0 aliphatic heterocycles. The lowest BCUT2D eigenvalue weighted by Gasteiger charge is -2.14. The zero-order valence-corrected chi connectivity index (χ0v) is 10.8. The van der Waals surface area contributed by atoms with Crippen molar-refractivity contribution in [2.75, 3.05) is 0 Å². The molecule has 0 aliphatic carbocycles. The van der Waals surface area contributed by atoms with Crippen molar-refractivity contribution in [3.8, 4) is 0 Å². The molecule has 0 aromatic heterocycles. The minimum Gasteiger partial charge on any atom is -0.480 e. The fraction of sp³-hybridized carbons (Fsp3) is 0.286. The molecule has 0 radical (unpaired) electrons. The van der Waals surface area contributed by atoms with E-state index in [-0.39, 0.29) is 13.0 Å². The van der Waals surface area contributed by atoms with Crippen molar-refractivity contribution in [1.82, 2.24) is 5.32 Å². The van der Waals surface area contributed by atoms with Gasteiger partial charge in [-0.2, -0.15) is 0 Å². The number of ether oxygens (including phenoxy) is 1. The Morgan fingerprint density at radius 2 is 2.00 bits per heavy atom. The summed E-state index contributed by atoms with van der Waals surface area (Å²) in [7, 11) is 0. The Morgan fingerprint density at radius 3 is 2.53 bits per heavy atom. The third-order valence-corrected chi connectivity index (χ3v) is 2.36. The largest absolute Gasteiger partial charge is 0.480 e. The number of aliphatic carboxylic acids is 1. The first kappa shape index (κ1) is 14.8. The Hall–Kier alpha value is -2.30. The van der Waals surface area contributed by atoms with E-state index in [1.54, 1.807) is 6.92 Å². The summed E-state index contributed by atoms with van der Waals surface area (Å²) in [4.78, 5) is 22.4. The molecule has 1 unspecified atom stereocenters. The fourth-order valence-corrected chi connectivity index (χ4v) is 1.46. The van der Waals surface area contributed by atoms with Crippen LogP contribution in [0, 0.1) is 0 Å². The lowest BCUT2D eigenvalue weighted by molar-refractivity contribution is -0.139. The van der Waals surface area contributed by atoms with Gasteiger partial charge in [-0.25, -0.2) is 9.59 Å². The predicted octanol–water partition coefficient (Wildman–Crippen LogP) is 2.33. The van der Waals surface area contributed by atoms with Gasteiger partial charge in [0.15, 0.2) is 0 Å². The second-order valence-electron chi connectivity index (χ2n) is 4.26. The van der Waals surface area contributed by atoms with Gasteiger partial charge in [-0.3, -0.25) is 0 Å². The van der Waals surface area contributed by atoms with Crippen LogP contribution in [0.3, 0.4) is 0 Å². The molecule has 1 aromatic carbocycles. The number of hydrogen-bond donors (Lipinski definition) is 2. The van der Waals surface area contributed by atoms with Gasteiger partial charge in [-0.05, 0) is 18.9 Å². The first-order chi connectivity index (χ1) is 8.99. The Kier molecular flexibility index (Phi) is 5.60. The molecule has 0 saturated carbocycles. The molecular formula is C14H17NO4. The standard InChI is InChI=1S/C14H17NO4/c1-10(2)8-12(13(16)17)15-14(18)19-9-11-6-4-3-5-7-11/h3-7,12H,1,8-9H2,2H3,(H,15,18)(H,16,17). The maximum Gasteiger partial charge on any atom is 0.408 e. The molecule has 1 rings (SSSR count). The van der Waals surface area contributed by atoms with Gasteiger partial charge >= 0.3 is 12.1 Å². The molecule has 102 valence electrons. The van der Waals surface area contributed by atoms with Gasteiger partial charge in [0.25, 0.3) is 0 Å². The van der Waals surface area contributed by atoms with Crippen LogP contribution in [-0.2, 0) is 16.1 Å². The molecule has 1 amide bonds. The molecule has 5 nitrogen and oxygen atoms in total. The Morgan fingerprint density at radius 1 is 1.37 bits per heavy atom. The highest BCUT2D eigenvalue weighted by Gasteiger charge is 2.20. The van der Waals surface area contributed by atoms with Gasteiger partial charge in [0.1, 0.15) is 12.6 Å². The molecule has 0 saturated heterocycles. The molecule has 1 aromatic rings. The van der Waals surface area contributed by atoms with Crippen LogP contribution in [0.5, 0.6) is 0 Å². The molecule has 0 heterocycles. The van der Waals surface area contributed by atoms with Crippen molar-refractivity contribution in [1.29, 1.82) is 0 Å². The molecule has 2 N–H and O–H groups in total. The number of hydrogen-bond acceptors (Lipinski definition) is 3. The van der Waals surface area contributed by atoms with E-state index in [0.717, 1.165) is 5.56 Å². The van der Waals surface area contributed by atoms with Gasteiger partial charge in [-0.1, -0.05) is 35.9 Å². The number of rotatable bonds is 6. The third kappa shape index (κ3) is 5.72. The number of carbonyl (C=O) groups is 2. The minimum atomic E-state index is -1.11. The van der Waals surface area contributed by atoms with E-state index >= 15 is 0 Å². The van der Waals surface area contributed by atoms with Crippen molar-refractivity contribution >= 4 is 12.1 Å². The Labute approximate surface area is 111 Å². The quantitative estimate of drug-likeness (QED) is 0.772. The number of carboxylic acids is 1. The van der Waals surface area contributed by atoms with Gasteiger partial charge in [-0.15, -0.1) is 6.58 Å². The van der Waals surface area contributed by atoms with Gasteiger partial charge in [0, 0.05) is 0 Å². The highest BCUT2D eigenvalue weighted by Crippen LogP contribution is 2.04. The summed E-state index contributed by atoms with van der Waals surface area (Å²) < 4.78 is 4.95. The topological polar surface area (TPSA) is 75.6 Å². The molecule has 0 spiro atoms. The summed E-state index contributed by atoms with van der Waals surface area (Å²) >= 11 is 0. The van der Waals surface area contributed by atoms with Gasteiger partial charge in [0.05, 0.1) is 0 Å². The maximum absolute atomic E-state index is 11.5. The van der Waals surface area contributed by atoms with Crippen molar-refractivity contribution in [2.24, 2.45) is 0 Å². The van der Waals surface area contributed by atoms with Crippen LogP contribution in [0.4, 0.5) is 4.79 Å². The highest BCUT2D eigenvalue weighted by atomic mass is 16.5. The van der Waals surface area contributed by atoms with Crippen LogP contribution in [0.2, 0.25) is 0 Å². The van der Waals surface area contributed by atoms with Crippen molar-refractivity contribution < 1.29 is 19.4 Å². The van der Waals surface area contributed by atoms with Crippen molar-refractivity contribution in [3.63, 3.8) is 0 Å². The van der Waals surface area contributed by atoms with Crippen LogP contribution >= 0.6 is 0 Å².